The molecule has 0 aliphatic carbocycles. The molecule has 26 heavy (non-hydrogen) atoms. The highest BCUT2D eigenvalue weighted by Crippen LogP contribution is 2.16. The molecule has 5 nitrogen and oxygen atoms in total. The van der Waals surface area contributed by atoms with Crippen molar-refractivity contribution in [3.8, 4) is 5.75 Å². The summed E-state index contributed by atoms with van der Waals surface area (Å²) in [5.74, 6) is 0.410. The molecule has 2 amide bonds. The van der Waals surface area contributed by atoms with Crippen molar-refractivity contribution in [2.75, 3.05) is 19.7 Å². The van der Waals surface area contributed by atoms with E-state index in [4.69, 9.17) is 4.74 Å². The highest BCUT2D eigenvalue weighted by molar-refractivity contribution is 5.88. The summed E-state index contributed by atoms with van der Waals surface area (Å²) in [6, 6.07) is 18.0. The third kappa shape index (κ3) is 5.62. The summed E-state index contributed by atoms with van der Waals surface area (Å²) < 4.78 is 5.56. The molecule has 2 rings (SSSR count). The van der Waals surface area contributed by atoms with Crippen LogP contribution in [0.4, 0.5) is 0 Å². The lowest BCUT2D eigenvalue weighted by atomic mass is 10.1. The maximum Gasteiger partial charge on any atom is 0.249 e. The van der Waals surface area contributed by atoms with E-state index in [0.29, 0.717) is 13.1 Å². The molecule has 1 atom stereocenters. The van der Waals surface area contributed by atoms with Gasteiger partial charge in [0.05, 0.1) is 13.0 Å². The predicted molar refractivity (Wildman–Crippen MR) is 102 cm³/mol. The molecule has 0 saturated heterocycles. The van der Waals surface area contributed by atoms with Crippen LogP contribution in [0.5, 0.6) is 5.75 Å². The zero-order chi connectivity index (χ0) is 18.8. The first-order valence-electron chi connectivity index (χ1n) is 8.96. The predicted octanol–water partition coefficient (Wildman–Crippen LogP) is 3.18. The van der Waals surface area contributed by atoms with Crippen LogP contribution in [0.1, 0.15) is 31.9 Å². The zero-order valence-electron chi connectivity index (χ0n) is 15.4. The Hall–Kier alpha value is -2.82. The lowest BCUT2D eigenvalue weighted by molar-refractivity contribution is -0.136. The van der Waals surface area contributed by atoms with Crippen molar-refractivity contribution in [1.82, 2.24) is 10.2 Å². The van der Waals surface area contributed by atoms with Gasteiger partial charge in [0.2, 0.25) is 11.8 Å². The van der Waals surface area contributed by atoms with Gasteiger partial charge < -0.3 is 15.0 Å². The number of hydrogen-bond acceptors (Lipinski definition) is 3. The normalized spacial score (nSPS) is 11.5. The van der Waals surface area contributed by atoms with E-state index in [1.807, 2.05) is 74.5 Å². The third-order valence-corrected chi connectivity index (χ3v) is 4.10. The third-order valence-electron chi connectivity index (χ3n) is 4.10. The molecule has 0 aliphatic heterocycles. The molecule has 1 N–H and O–H groups in total. The molecule has 138 valence electrons. The van der Waals surface area contributed by atoms with Crippen LogP contribution in [0.2, 0.25) is 0 Å². The largest absolute Gasteiger partial charge is 0.493 e. The molecule has 5 heteroatoms. The number of nitrogens with zero attached hydrogens (tertiary/aromatic N) is 1. The van der Waals surface area contributed by atoms with Crippen molar-refractivity contribution in [2.24, 2.45) is 0 Å². The molecule has 0 aromatic heterocycles. The Kier molecular flexibility index (Phi) is 7.68. The molecule has 0 aliphatic rings. The number of carbonyl (C=O) groups is 2. The van der Waals surface area contributed by atoms with Crippen molar-refractivity contribution >= 4 is 11.8 Å². The van der Waals surface area contributed by atoms with E-state index in [1.54, 1.807) is 4.90 Å². The number of para-hydroxylation sites is 1. The summed E-state index contributed by atoms with van der Waals surface area (Å²) in [6.07, 6.45) is 0.184. The number of ether oxygens (including phenoxy) is 1. The second kappa shape index (κ2) is 10.2. The minimum Gasteiger partial charge on any atom is -0.493 e. The van der Waals surface area contributed by atoms with Crippen molar-refractivity contribution in [1.29, 1.82) is 0 Å². The first-order chi connectivity index (χ1) is 12.7. The monoisotopic (exact) mass is 354 g/mol. The maximum absolute atomic E-state index is 12.8. The summed E-state index contributed by atoms with van der Waals surface area (Å²) in [6.45, 7) is 5.33. The van der Waals surface area contributed by atoms with Crippen LogP contribution in [0.25, 0.3) is 0 Å². The number of carbonyl (C=O) groups excluding carboxylic acids is 2. The van der Waals surface area contributed by atoms with E-state index in [-0.39, 0.29) is 24.8 Å². The fourth-order valence-electron chi connectivity index (χ4n) is 2.66. The highest BCUT2D eigenvalue weighted by Gasteiger charge is 2.25. The van der Waals surface area contributed by atoms with Crippen molar-refractivity contribution in [3.63, 3.8) is 0 Å². The summed E-state index contributed by atoms with van der Waals surface area (Å²) in [5, 5.41) is 2.86. The van der Waals surface area contributed by atoms with Gasteiger partial charge in [-0.15, -0.1) is 0 Å². The zero-order valence-corrected chi connectivity index (χ0v) is 15.4. The fourth-order valence-corrected chi connectivity index (χ4v) is 2.66. The molecule has 2 aromatic rings. The van der Waals surface area contributed by atoms with Crippen LogP contribution in [0.15, 0.2) is 60.7 Å². The van der Waals surface area contributed by atoms with Crippen molar-refractivity contribution < 1.29 is 14.3 Å². The first kappa shape index (κ1) is 19.5. The average molecular weight is 354 g/mol. The van der Waals surface area contributed by atoms with Gasteiger partial charge in [-0.25, -0.2) is 0 Å². The fraction of sp³-hybridized carbons (Fsp3) is 0.333. The van der Waals surface area contributed by atoms with Crippen LogP contribution in [0.3, 0.4) is 0 Å². The molecule has 0 bridgehead atoms. The van der Waals surface area contributed by atoms with Crippen LogP contribution in [0, 0.1) is 0 Å². The summed E-state index contributed by atoms with van der Waals surface area (Å²) in [4.78, 5) is 26.9. The lowest BCUT2D eigenvalue weighted by Gasteiger charge is -2.26. The number of likely N-dealkylation sites (N-methyl/N-ethyl adjacent to an activating group) is 1. The lowest BCUT2D eigenvalue weighted by Crippen LogP contribution is -2.43. The number of amides is 2. The minimum absolute atomic E-state index is 0.0986. The number of rotatable bonds is 9. The summed E-state index contributed by atoms with van der Waals surface area (Å²) in [7, 11) is 0. The number of hydrogen-bond donors (Lipinski definition) is 1. The highest BCUT2D eigenvalue weighted by atomic mass is 16.5. The first-order valence-corrected chi connectivity index (χ1v) is 8.96. The summed E-state index contributed by atoms with van der Waals surface area (Å²) in [5.41, 5.74) is 0.779. The number of nitrogens with one attached hydrogen (secondary N) is 1. The van der Waals surface area contributed by atoms with Crippen LogP contribution in [-0.2, 0) is 9.59 Å². The van der Waals surface area contributed by atoms with E-state index in [0.717, 1.165) is 11.3 Å². The van der Waals surface area contributed by atoms with Gasteiger partial charge in [0, 0.05) is 13.1 Å². The Labute approximate surface area is 155 Å². The molecular formula is C21H26N2O3. The van der Waals surface area contributed by atoms with Crippen LogP contribution in [-0.4, -0.2) is 36.4 Å². The maximum atomic E-state index is 12.8. The molecule has 0 saturated carbocycles. The van der Waals surface area contributed by atoms with E-state index in [9.17, 15) is 9.59 Å². The smallest absolute Gasteiger partial charge is 0.249 e. The quantitative estimate of drug-likeness (QED) is 0.752. The molecule has 0 heterocycles. The number of benzene rings is 2. The Balaban J connectivity index is 1.99. The van der Waals surface area contributed by atoms with E-state index >= 15 is 0 Å². The molecule has 0 fully saturated rings. The second-order valence-electron chi connectivity index (χ2n) is 5.83. The van der Waals surface area contributed by atoms with Crippen molar-refractivity contribution in [2.45, 2.75) is 26.3 Å². The van der Waals surface area contributed by atoms with Gasteiger partial charge in [-0.3, -0.25) is 9.59 Å². The van der Waals surface area contributed by atoms with Crippen LogP contribution < -0.4 is 10.1 Å². The van der Waals surface area contributed by atoms with Gasteiger partial charge in [-0.05, 0) is 31.5 Å². The molecule has 0 spiro atoms. The topological polar surface area (TPSA) is 58.6 Å². The Morgan fingerprint density at radius 3 is 2.12 bits per heavy atom. The Morgan fingerprint density at radius 2 is 1.54 bits per heavy atom. The molecule has 2 aromatic carbocycles. The van der Waals surface area contributed by atoms with Gasteiger partial charge in [0.25, 0.3) is 0 Å². The minimum atomic E-state index is -0.680. The Bertz CT molecular complexity index is 685. The van der Waals surface area contributed by atoms with Crippen molar-refractivity contribution in [3.05, 3.63) is 66.2 Å². The van der Waals surface area contributed by atoms with Gasteiger partial charge in [0.15, 0.2) is 0 Å². The van der Waals surface area contributed by atoms with Gasteiger partial charge >= 0.3 is 0 Å². The molecule has 0 unspecified atom stereocenters. The molecule has 0 radical (unpaired) electrons. The molecular weight excluding hydrogens is 328 g/mol. The van der Waals surface area contributed by atoms with Crippen LogP contribution >= 0.6 is 0 Å². The van der Waals surface area contributed by atoms with E-state index < -0.39 is 6.04 Å². The summed E-state index contributed by atoms with van der Waals surface area (Å²) >= 11 is 0. The second-order valence-corrected chi connectivity index (χ2v) is 5.83. The average Bonchev–Trinajstić information content (AvgIpc) is 2.68. The van der Waals surface area contributed by atoms with Gasteiger partial charge in [-0.1, -0.05) is 48.5 Å². The van der Waals surface area contributed by atoms with E-state index in [1.165, 1.54) is 0 Å². The van der Waals surface area contributed by atoms with E-state index in [2.05, 4.69) is 5.32 Å². The SMILES string of the molecule is CCN(CC)C(=O)[C@@H](NC(=O)CCOc1ccccc1)c1ccccc1. The van der Waals surface area contributed by atoms with Gasteiger partial charge in [0.1, 0.15) is 11.8 Å². The van der Waals surface area contributed by atoms with Gasteiger partial charge in [-0.2, -0.15) is 0 Å². The standard InChI is InChI=1S/C21H26N2O3/c1-3-23(4-2)21(25)20(17-11-7-5-8-12-17)22-19(24)15-16-26-18-13-9-6-10-14-18/h5-14,20H,3-4,15-16H2,1-2H3,(H,22,24)/t20-/m0/s1. The Morgan fingerprint density at radius 1 is 0.962 bits per heavy atom.